The first kappa shape index (κ1) is 10.8. The summed E-state index contributed by atoms with van der Waals surface area (Å²) in [5.41, 5.74) is 1.87. The first-order chi connectivity index (χ1) is 7.72. The lowest BCUT2D eigenvalue weighted by Crippen LogP contribution is -2.43. The number of carboxylic acid groups (broad SMARTS) is 1. The first-order valence-corrected chi connectivity index (χ1v) is 5.14. The van der Waals surface area contributed by atoms with Crippen molar-refractivity contribution in [3.8, 4) is 0 Å². The average molecular weight is 222 g/mol. The van der Waals surface area contributed by atoms with E-state index in [2.05, 4.69) is 5.32 Å². The van der Waals surface area contributed by atoms with Gasteiger partial charge in [-0.05, 0) is 11.6 Å². The van der Waals surface area contributed by atoms with E-state index >= 15 is 0 Å². The quantitative estimate of drug-likeness (QED) is 0.661. The van der Waals surface area contributed by atoms with E-state index < -0.39 is 12.1 Å². The summed E-state index contributed by atoms with van der Waals surface area (Å²) in [4.78, 5) is 12.3. The fourth-order valence-corrected chi connectivity index (χ4v) is 1.87. The summed E-state index contributed by atoms with van der Waals surface area (Å²) in [6.07, 6.45) is -1.00. The molecule has 86 valence electrons. The van der Waals surface area contributed by atoms with E-state index in [1.54, 1.807) is 0 Å². The van der Waals surface area contributed by atoms with E-state index in [-0.39, 0.29) is 6.61 Å². The zero-order chi connectivity index (χ0) is 11.5. The summed E-state index contributed by atoms with van der Waals surface area (Å²) in [5.74, 6) is 0. The van der Waals surface area contributed by atoms with Gasteiger partial charge in [-0.1, -0.05) is 18.2 Å². The normalized spacial score (nSPS) is 19.6. The van der Waals surface area contributed by atoms with Gasteiger partial charge in [-0.3, -0.25) is 4.90 Å². The summed E-state index contributed by atoms with van der Waals surface area (Å²) in [5, 5.41) is 21.4. The number of aliphatic hydroxyl groups is 1. The number of para-hydroxylation sites is 1. The number of aliphatic hydroxyl groups excluding tert-OH is 1. The predicted octanol–water partition coefficient (Wildman–Crippen LogP) is 0.953. The third kappa shape index (κ3) is 1.94. The van der Waals surface area contributed by atoms with Crippen molar-refractivity contribution in [3.63, 3.8) is 0 Å². The summed E-state index contributed by atoms with van der Waals surface area (Å²) < 4.78 is 0. The highest BCUT2D eigenvalue weighted by Gasteiger charge is 2.26. The average Bonchev–Trinajstić information content (AvgIpc) is 2.47. The molecule has 5 nitrogen and oxygen atoms in total. The molecule has 2 rings (SSSR count). The molecule has 1 amide bonds. The lowest BCUT2D eigenvalue weighted by atomic mass is 10.2. The van der Waals surface area contributed by atoms with Crippen molar-refractivity contribution in [2.45, 2.75) is 12.6 Å². The van der Waals surface area contributed by atoms with E-state index in [1.165, 1.54) is 4.90 Å². The molecule has 3 N–H and O–H groups in total. The minimum absolute atomic E-state index is 0.173. The van der Waals surface area contributed by atoms with Crippen LogP contribution in [-0.4, -0.2) is 40.4 Å². The molecule has 16 heavy (non-hydrogen) atoms. The second-order valence-electron chi connectivity index (χ2n) is 3.78. The van der Waals surface area contributed by atoms with E-state index in [0.29, 0.717) is 13.1 Å². The fourth-order valence-electron chi connectivity index (χ4n) is 1.87. The van der Waals surface area contributed by atoms with E-state index in [1.807, 2.05) is 24.3 Å². The monoisotopic (exact) mass is 222 g/mol. The van der Waals surface area contributed by atoms with Crippen LogP contribution in [0.15, 0.2) is 24.3 Å². The largest absolute Gasteiger partial charge is 0.465 e. The number of hydrogen-bond acceptors (Lipinski definition) is 3. The highest BCUT2D eigenvalue weighted by molar-refractivity contribution is 5.67. The Morgan fingerprint density at radius 1 is 1.50 bits per heavy atom. The Morgan fingerprint density at radius 3 is 2.94 bits per heavy atom. The first-order valence-electron chi connectivity index (χ1n) is 5.14. The highest BCUT2D eigenvalue weighted by Crippen LogP contribution is 2.22. The van der Waals surface area contributed by atoms with Crippen LogP contribution in [0.3, 0.4) is 0 Å². The molecule has 0 fully saturated rings. The Labute approximate surface area is 93.3 Å². The van der Waals surface area contributed by atoms with Gasteiger partial charge >= 0.3 is 6.09 Å². The number of rotatable bonds is 1. The van der Waals surface area contributed by atoms with Gasteiger partial charge in [-0.25, -0.2) is 4.79 Å². The van der Waals surface area contributed by atoms with Crippen molar-refractivity contribution in [1.29, 1.82) is 0 Å². The fraction of sp³-hybridized carbons (Fsp3) is 0.364. The predicted molar refractivity (Wildman–Crippen MR) is 59.4 cm³/mol. The van der Waals surface area contributed by atoms with Crippen molar-refractivity contribution >= 4 is 11.8 Å². The van der Waals surface area contributed by atoms with Crippen LogP contribution in [0.1, 0.15) is 5.56 Å². The highest BCUT2D eigenvalue weighted by atomic mass is 16.4. The third-order valence-corrected chi connectivity index (χ3v) is 2.78. The van der Waals surface area contributed by atoms with Gasteiger partial charge in [0, 0.05) is 12.2 Å². The summed E-state index contributed by atoms with van der Waals surface area (Å²) in [6.45, 7) is 0.566. The van der Waals surface area contributed by atoms with Crippen molar-refractivity contribution in [3.05, 3.63) is 29.8 Å². The van der Waals surface area contributed by atoms with Crippen LogP contribution in [0.5, 0.6) is 0 Å². The maximum Gasteiger partial charge on any atom is 0.407 e. The van der Waals surface area contributed by atoms with Crippen LogP contribution in [0.4, 0.5) is 10.5 Å². The molecule has 1 aliphatic rings. The maximum atomic E-state index is 11.1. The van der Waals surface area contributed by atoms with Crippen LogP contribution >= 0.6 is 0 Å². The number of hydrogen-bond donors (Lipinski definition) is 3. The molecular formula is C11H14N2O3. The molecule has 1 aromatic rings. The van der Waals surface area contributed by atoms with Crippen molar-refractivity contribution in [2.24, 2.45) is 0 Å². The van der Waals surface area contributed by atoms with Gasteiger partial charge < -0.3 is 15.5 Å². The molecule has 5 heteroatoms. The SMILES string of the molecule is O=C(O)N1Cc2ccccc2NC[C@H]1CO. The zero-order valence-electron chi connectivity index (χ0n) is 8.76. The summed E-state index contributed by atoms with van der Waals surface area (Å²) >= 11 is 0. The third-order valence-electron chi connectivity index (χ3n) is 2.78. The Bertz CT molecular complexity index is 395. The Kier molecular flexibility index (Phi) is 2.96. The lowest BCUT2D eigenvalue weighted by Gasteiger charge is -2.25. The molecule has 1 aromatic carbocycles. The molecule has 0 unspecified atom stereocenters. The van der Waals surface area contributed by atoms with Gasteiger partial charge in [0.15, 0.2) is 0 Å². The molecule has 0 radical (unpaired) electrons. The summed E-state index contributed by atoms with van der Waals surface area (Å²) in [6, 6.07) is 7.17. The van der Waals surface area contributed by atoms with E-state index in [4.69, 9.17) is 10.2 Å². The standard InChI is InChI=1S/C11H14N2O3/c14-7-9-5-12-10-4-2-1-3-8(10)6-13(9)11(15)16/h1-4,9,12,14H,5-7H2,(H,15,16)/t9-/m0/s1. The minimum Gasteiger partial charge on any atom is -0.465 e. The minimum atomic E-state index is -1.00. The number of fused-ring (bicyclic) bond motifs is 1. The number of amides is 1. The number of nitrogens with zero attached hydrogens (tertiary/aromatic N) is 1. The Balaban J connectivity index is 2.30. The molecule has 1 heterocycles. The van der Waals surface area contributed by atoms with Crippen LogP contribution in [0, 0.1) is 0 Å². The van der Waals surface area contributed by atoms with Crippen LogP contribution < -0.4 is 5.32 Å². The number of benzene rings is 1. The van der Waals surface area contributed by atoms with E-state index in [9.17, 15) is 4.79 Å². The van der Waals surface area contributed by atoms with Gasteiger partial charge in [0.25, 0.3) is 0 Å². The molecule has 0 aromatic heterocycles. The van der Waals surface area contributed by atoms with Gasteiger partial charge in [0.1, 0.15) is 0 Å². The molecule has 1 aliphatic heterocycles. The molecule has 1 atom stereocenters. The molecule has 0 saturated carbocycles. The van der Waals surface area contributed by atoms with Crippen molar-refractivity contribution in [1.82, 2.24) is 4.90 Å². The number of nitrogens with one attached hydrogen (secondary N) is 1. The van der Waals surface area contributed by atoms with Gasteiger partial charge in [-0.2, -0.15) is 0 Å². The van der Waals surface area contributed by atoms with Gasteiger partial charge in [0.2, 0.25) is 0 Å². The number of anilines is 1. The van der Waals surface area contributed by atoms with Crippen molar-refractivity contribution < 1.29 is 15.0 Å². The molecule has 0 spiro atoms. The van der Waals surface area contributed by atoms with E-state index in [0.717, 1.165) is 11.3 Å². The molecular weight excluding hydrogens is 208 g/mol. The van der Waals surface area contributed by atoms with Gasteiger partial charge in [0.05, 0.1) is 19.2 Å². The molecule has 0 saturated heterocycles. The van der Waals surface area contributed by atoms with Gasteiger partial charge in [-0.15, -0.1) is 0 Å². The number of carbonyl (C=O) groups is 1. The smallest absolute Gasteiger partial charge is 0.407 e. The Morgan fingerprint density at radius 2 is 2.25 bits per heavy atom. The molecule has 0 aliphatic carbocycles. The second-order valence-corrected chi connectivity index (χ2v) is 3.78. The van der Waals surface area contributed by atoms with Crippen molar-refractivity contribution in [2.75, 3.05) is 18.5 Å². The topological polar surface area (TPSA) is 72.8 Å². The van der Waals surface area contributed by atoms with Crippen LogP contribution in [0.2, 0.25) is 0 Å². The lowest BCUT2D eigenvalue weighted by molar-refractivity contribution is 0.0993. The maximum absolute atomic E-state index is 11.1. The molecule has 0 bridgehead atoms. The van der Waals surface area contributed by atoms with Crippen LogP contribution in [0.25, 0.3) is 0 Å². The zero-order valence-corrected chi connectivity index (χ0v) is 8.76. The Hall–Kier alpha value is -1.75. The second kappa shape index (κ2) is 4.40. The summed E-state index contributed by atoms with van der Waals surface area (Å²) in [7, 11) is 0. The van der Waals surface area contributed by atoms with Crippen LogP contribution in [-0.2, 0) is 6.54 Å².